The largest absolute Gasteiger partial charge is 0.483 e. The van der Waals surface area contributed by atoms with Crippen LogP contribution in [0.1, 0.15) is 18.9 Å². The lowest BCUT2D eigenvalue weighted by Gasteiger charge is -2.44. The Morgan fingerprint density at radius 1 is 1.23 bits per heavy atom. The van der Waals surface area contributed by atoms with Crippen molar-refractivity contribution in [2.45, 2.75) is 25.8 Å². The first kappa shape index (κ1) is 18.2. The first-order chi connectivity index (χ1) is 12.5. The van der Waals surface area contributed by atoms with E-state index in [1.165, 1.54) is 0 Å². The Morgan fingerprint density at radius 2 is 1.96 bits per heavy atom. The molecule has 7 heteroatoms. The zero-order valence-corrected chi connectivity index (χ0v) is 15.2. The molecule has 1 unspecified atom stereocenters. The number of hydrogen-bond donors (Lipinski definition) is 1. The molecule has 7 nitrogen and oxygen atoms in total. The van der Waals surface area contributed by atoms with E-state index < -0.39 is 0 Å². The van der Waals surface area contributed by atoms with E-state index in [0.29, 0.717) is 19.6 Å². The number of rotatable bonds is 6. The smallest absolute Gasteiger partial charge is 0.260 e. The van der Waals surface area contributed by atoms with Gasteiger partial charge in [-0.2, -0.15) is 0 Å². The van der Waals surface area contributed by atoms with E-state index in [1.54, 1.807) is 16.8 Å². The number of amides is 3. The van der Waals surface area contributed by atoms with E-state index in [1.807, 2.05) is 31.2 Å². The van der Waals surface area contributed by atoms with Gasteiger partial charge >= 0.3 is 0 Å². The van der Waals surface area contributed by atoms with Crippen molar-refractivity contribution in [3.8, 4) is 5.75 Å². The molecule has 1 atom stereocenters. The van der Waals surface area contributed by atoms with Crippen molar-refractivity contribution in [2.24, 2.45) is 5.92 Å². The van der Waals surface area contributed by atoms with E-state index in [4.69, 9.17) is 4.74 Å². The van der Waals surface area contributed by atoms with Crippen LogP contribution in [-0.2, 0) is 20.8 Å². The molecule has 2 heterocycles. The Labute approximate surface area is 153 Å². The molecule has 0 aromatic heterocycles. The van der Waals surface area contributed by atoms with E-state index in [9.17, 15) is 14.4 Å². The Balaban J connectivity index is 1.47. The predicted molar refractivity (Wildman–Crippen MR) is 95.6 cm³/mol. The molecule has 1 N–H and O–H groups in total. The highest BCUT2D eigenvalue weighted by Gasteiger charge is 2.43. The van der Waals surface area contributed by atoms with Crippen LogP contribution in [0.5, 0.6) is 5.75 Å². The molecule has 2 aliphatic heterocycles. The van der Waals surface area contributed by atoms with Crippen molar-refractivity contribution in [3.05, 3.63) is 29.8 Å². The maximum Gasteiger partial charge on any atom is 0.260 e. The zero-order chi connectivity index (χ0) is 18.7. The average molecular weight is 359 g/mol. The first-order valence-corrected chi connectivity index (χ1v) is 9.03. The molecule has 0 saturated carbocycles. The lowest BCUT2D eigenvalue weighted by molar-refractivity contribution is -0.145. The molecule has 3 rings (SSSR count). The van der Waals surface area contributed by atoms with Gasteiger partial charge in [-0.15, -0.1) is 0 Å². The molecule has 3 amide bonds. The molecule has 2 fully saturated rings. The van der Waals surface area contributed by atoms with Crippen LogP contribution in [-0.4, -0.2) is 66.9 Å². The number of hydrogen-bond acceptors (Lipinski definition) is 4. The summed E-state index contributed by atoms with van der Waals surface area (Å²) < 4.78 is 5.67. The van der Waals surface area contributed by atoms with E-state index in [0.717, 1.165) is 17.7 Å². The van der Waals surface area contributed by atoms with Gasteiger partial charge in [-0.1, -0.05) is 25.1 Å². The zero-order valence-electron chi connectivity index (χ0n) is 15.2. The second-order valence-electron chi connectivity index (χ2n) is 6.76. The molecule has 0 bridgehead atoms. The molecule has 2 aliphatic rings. The minimum Gasteiger partial charge on any atom is -0.483 e. The van der Waals surface area contributed by atoms with E-state index in [-0.39, 0.29) is 42.7 Å². The summed E-state index contributed by atoms with van der Waals surface area (Å²) in [6.45, 7) is 3.49. The maximum atomic E-state index is 12.3. The second kappa shape index (κ2) is 7.76. The summed E-state index contributed by atoms with van der Waals surface area (Å²) in [6, 6.07) is 7.70. The van der Waals surface area contributed by atoms with Gasteiger partial charge in [0.1, 0.15) is 5.75 Å². The highest BCUT2D eigenvalue weighted by Crippen LogP contribution is 2.25. The van der Waals surface area contributed by atoms with Crippen LogP contribution in [0.2, 0.25) is 0 Å². The number of benzene rings is 1. The van der Waals surface area contributed by atoms with E-state index >= 15 is 0 Å². The van der Waals surface area contributed by atoms with Crippen molar-refractivity contribution >= 4 is 17.7 Å². The molecule has 26 heavy (non-hydrogen) atoms. The van der Waals surface area contributed by atoms with Crippen LogP contribution in [0.3, 0.4) is 0 Å². The summed E-state index contributed by atoms with van der Waals surface area (Å²) in [5, 5.41) is 2.59. The predicted octanol–water partition coefficient (Wildman–Crippen LogP) is 0.433. The fourth-order valence-electron chi connectivity index (χ4n) is 3.49. The van der Waals surface area contributed by atoms with Crippen LogP contribution >= 0.6 is 0 Å². The summed E-state index contributed by atoms with van der Waals surface area (Å²) >= 11 is 0. The first-order valence-electron chi connectivity index (χ1n) is 9.03. The summed E-state index contributed by atoms with van der Waals surface area (Å²) in [5.74, 6) is 0.260. The third-order valence-electron chi connectivity index (χ3n) is 5.14. The number of carbonyl (C=O) groups is 3. The van der Waals surface area contributed by atoms with Gasteiger partial charge in [0.2, 0.25) is 11.8 Å². The molecule has 140 valence electrons. The highest BCUT2D eigenvalue weighted by molar-refractivity contribution is 5.89. The Hall–Kier alpha value is -2.57. The van der Waals surface area contributed by atoms with E-state index in [2.05, 4.69) is 5.32 Å². The third kappa shape index (κ3) is 3.66. The van der Waals surface area contributed by atoms with Crippen LogP contribution in [0.4, 0.5) is 0 Å². The van der Waals surface area contributed by atoms with Crippen molar-refractivity contribution in [1.29, 1.82) is 0 Å². The topological polar surface area (TPSA) is 79.0 Å². The normalized spacial score (nSPS) is 20.1. The van der Waals surface area contributed by atoms with Gasteiger partial charge in [-0.25, -0.2) is 0 Å². The number of aryl methyl sites for hydroxylation is 1. The number of ether oxygens (including phenoxy) is 1. The number of nitrogens with one attached hydrogen (secondary N) is 1. The number of para-hydroxylation sites is 1. The van der Waals surface area contributed by atoms with Crippen molar-refractivity contribution in [3.63, 3.8) is 0 Å². The van der Waals surface area contributed by atoms with Gasteiger partial charge < -0.3 is 19.9 Å². The molecule has 0 spiro atoms. The fraction of sp³-hybridized carbons (Fsp3) is 0.526. The summed E-state index contributed by atoms with van der Waals surface area (Å²) in [7, 11) is 1.58. The fourth-order valence-corrected chi connectivity index (χ4v) is 3.49. The minimum absolute atomic E-state index is 0.00144. The molecule has 1 aromatic carbocycles. The number of likely N-dealkylation sites (tertiary alicyclic amines) is 2. The standard InChI is InChI=1S/C19H25N3O4/c1-3-13-6-4-5-7-16(13)26-12-18(24)21-10-15(11-21)22-9-14(8-17(22)23)19(25)20-2/h4-7,14-15H,3,8-12H2,1-2H3,(H,20,25). The van der Waals surface area contributed by atoms with Crippen LogP contribution in [0, 0.1) is 5.92 Å². The van der Waals surface area contributed by atoms with Crippen molar-refractivity contribution in [1.82, 2.24) is 15.1 Å². The molecule has 2 saturated heterocycles. The minimum atomic E-state index is -0.286. The van der Waals surface area contributed by atoms with Crippen molar-refractivity contribution in [2.75, 3.05) is 33.3 Å². The molecule has 1 aromatic rings. The summed E-state index contributed by atoms with van der Waals surface area (Å²) in [5.41, 5.74) is 1.07. The number of nitrogens with zero attached hydrogens (tertiary/aromatic N) is 2. The summed E-state index contributed by atoms with van der Waals surface area (Å²) in [4.78, 5) is 39.5. The highest BCUT2D eigenvalue weighted by atomic mass is 16.5. The van der Waals surface area contributed by atoms with Gasteiger partial charge in [-0.05, 0) is 18.1 Å². The van der Waals surface area contributed by atoms with Crippen LogP contribution < -0.4 is 10.1 Å². The number of carbonyl (C=O) groups excluding carboxylic acids is 3. The lowest BCUT2D eigenvalue weighted by atomic mass is 10.1. The van der Waals surface area contributed by atoms with Gasteiger partial charge in [0, 0.05) is 33.1 Å². The van der Waals surface area contributed by atoms with Gasteiger partial charge in [-0.3, -0.25) is 14.4 Å². The van der Waals surface area contributed by atoms with Gasteiger partial charge in [0.05, 0.1) is 12.0 Å². The van der Waals surface area contributed by atoms with Crippen LogP contribution in [0.25, 0.3) is 0 Å². The third-order valence-corrected chi connectivity index (χ3v) is 5.14. The molecule has 0 radical (unpaired) electrons. The van der Waals surface area contributed by atoms with Gasteiger partial charge in [0.15, 0.2) is 6.61 Å². The molecule has 0 aliphatic carbocycles. The molecular formula is C19H25N3O4. The second-order valence-corrected chi connectivity index (χ2v) is 6.76. The Morgan fingerprint density at radius 3 is 2.65 bits per heavy atom. The summed E-state index contributed by atoms with van der Waals surface area (Å²) in [6.07, 6.45) is 1.10. The van der Waals surface area contributed by atoms with Gasteiger partial charge in [0.25, 0.3) is 5.91 Å². The molecular weight excluding hydrogens is 334 g/mol. The Bertz CT molecular complexity index is 700. The van der Waals surface area contributed by atoms with Crippen LogP contribution in [0.15, 0.2) is 24.3 Å². The average Bonchev–Trinajstić information content (AvgIpc) is 2.99. The maximum absolute atomic E-state index is 12.3. The SMILES string of the molecule is CCc1ccccc1OCC(=O)N1CC(N2CC(C(=O)NC)CC2=O)C1. The Kier molecular flexibility index (Phi) is 5.44. The monoisotopic (exact) mass is 359 g/mol. The van der Waals surface area contributed by atoms with Crippen molar-refractivity contribution < 1.29 is 19.1 Å². The lowest BCUT2D eigenvalue weighted by Crippen LogP contribution is -2.62. The quantitative estimate of drug-likeness (QED) is 0.799.